The third-order valence-electron chi connectivity index (χ3n) is 2.77. The molecular formula is C11H22N2O2S. The zero-order valence-corrected chi connectivity index (χ0v) is 10.9. The standard InChI is InChI=1S/C11H22N2O2S/c1-11(2,3-5-14)8-13-10(15)9-7-16-6-4-12-9/h9,12,14H,3-8H2,1-2H3,(H,13,15). The molecule has 1 atom stereocenters. The van der Waals surface area contributed by atoms with Gasteiger partial charge in [0.2, 0.25) is 5.91 Å². The second-order valence-electron chi connectivity index (χ2n) is 4.94. The minimum absolute atomic E-state index is 0.0355. The van der Waals surface area contributed by atoms with Gasteiger partial charge in [0.05, 0.1) is 6.04 Å². The zero-order valence-electron chi connectivity index (χ0n) is 10.1. The van der Waals surface area contributed by atoms with Gasteiger partial charge in [-0.1, -0.05) is 13.8 Å². The summed E-state index contributed by atoms with van der Waals surface area (Å²) in [5.74, 6) is 2.02. The van der Waals surface area contributed by atoms with Crippen LogP contribution < -0.4 is 10.6 Å². The molecule has 94 valence electrons. The van der Waals surface area contributed by atoms with E-state index in [1.807, 2.05) is 25.6 Å². The van der Waals surface area contributed by atoms with Crippen molar-refractivity contribution in [3.05, 3.63) is 0 Å². The first-order valence-electron chi connectivity index (χ1n) is 5.75. The van der Waals surface area contributed by atoms with Crippen LogP contribution in [0.1, 0.15) is 20.3 Å². The fraction of sp³-hybridized carbons (Fsp3) is 0.909. The largest absolute Gasteiger partial charge is 0.396 e. The van der Waals surface area contributed by atoms with E-state index in [1.165, 1.54) is 0 Å². The van der Waals surface area contributed by atoms with Gasteiger partial charge in [0.1, 0.15) is 0 Å². The monoisotopic (exact) mass is 246 g/mol. The second kappa shape index (κ2) is 6.47. The van der Waals surface area contributed by atoms with Crippen molar-refractivity contribution >= 4 is 17.7 Å². The number of nitrogens with one attached hydrogen (secondary N) is 2. The molecule has 1 heterocycles. The van der Waals surface area contributed by atoms with Gasteiger partial charge in [-0.05, 0) is 11.8 Å². The Labute approximate surface area is 102 Å². The second-order valence-corrected chi connectivity index (χ2v) is 6.09. The molecule has 1 rings (SSSR count). The fourth-order valence-corrected chi connectivity index (χ4v) is 2.51. The maximum atomic E-state index is 11.8. The minimum atomic E-state index is -0.0522. The van der Waals surface area contributed by atoms with Crippen molar-refractivity contribution in [2.24, 2.45) is 5.41 Å². The predicted molar refractivity (Wildman–Crippen MR) is 67.6 cm³/mol. The summed E-state index contributed by atoms with van der Waals surface area (Å²) in [6, 6.07) is -0.0522. The molecule has 0 saturated carbocycles. The average Bonchev–Trinajstić information content (AvgIpc) is 2.27. The van der Waals surface area contributed by atoms with Gasteiger partial charge in [-0.2, -0.15) is 11.8 Å². The molecule has 0 radical (unpaired) electrons. The number of hydrogen-bond acceptors (Lipinski definition) is 4. The molecule has 0 aromatic heterocycles. The van der Waals surface area contributed by atoms with Gasteiger partial charge in [0.25, 0.3) is 0 Å². The molecule has 4 nitrogen and oxygen atoms in total. The Balaban J connectivity index is 2.28. The lowest BCUT2D eigenvalue weighted by molar-refractivity contribution is -0.123. The van der Waals surface area contributed by atoms with E-state index in [0.717, 1.165) is 18.1 Å². The molecular weight excluding hydrogens is 224 g/mol. The topological polar surface area (TPSA) is 61.4 Å². The first-order valence-corrected chi connectivity index (χ1v) is 6.90. The normalized spacial score (nSPS) is 21.8. The van der Waals surface area contributed by atoms with E-state index in [-0.39, 0.29) is 24.0 Å². The van der Waals surface area contributed by atoms with E-state index in [9.17, 15) is 4.79 Å². The van der Waals surface area contributed by atoms with E-state index in [0.29, 0.717) is 13.0 Å². The fourth-order valence-electron chi connectivity index (χ4n) is 1.57. The van der Waals surface area contributed by atoms with Crippen molar-refractivity contribution in [1.82, 2.24) is 10.6 Å². The van der Waals surface area contributed by atoms with Crippen molar-refractivity contribution in [3.8, 4) is 0 Å². The highest BCUT2D eigenvalue weighted by molar-refractivity contribution is 7.99. The van der Waals surface area contributed by atoms with Crippen molar-refractivity contribution in [2.75, 3.05) is 31.2 Å². The smallest absolute Gasteiger partial charge is 0.238 e. The van der Waals surface area contributed by atoms with Crippen LogP contribution in [-0.2, 0) is 4.79 Å². The maximum Gasteiger partial charge on any atom is 0.238 e. The zero-order chi connectivity index (χ0) is 12.0. The van der Waals surface area contributed by atoms with Crippen LogP contribution in [-0.4, -0.2) is 48.3 Å². The van der Waals surface area contributed by atoms with E-state index in [4.69, 9.17) is 5.11 Å². The molecule has 1 aliphatic heterocycles. The average molecular weight is 246 g/mol. The molecule has 1 saturated heterocycles. The van der Waals surface area contributed by atoms with E-state index < -0.39 is 0 Å². The van der Waals surface area contributed by atoms with E-state index in [2.05, 4.69) is 10.6 Å². The molecule has 1 fully saturated rings. The molecule has 3 N–H and O–H groups in total. The molecule has 0 spiro atoms. The number of carbonyl (C=O) groups excluding carboxylic acids is 1. The van der Waals surface area contributed by atoms with Gasteiger partial charge in [-0.25, -0.2) is 0 Å². The summed E-state index contributed by atoms with van der Waals surface area (Å²) in [6.07, 6.45) is 0.708. The van der Waals surface area contributed by atoms with Crippen LogP contribution in [0.3, 0.4) is 0 Å². The van der Waals surface area contributed by atoms with Crippen LogP contribution in [0.25, 0.3) is 0 Å². The number of amides is 1. The van der Waals surface area contributed by atoms with Crippen LogP contribution in [0.4, 0.5) is 0 Å². The lowest BCUT2D eigenvalue weighted by Gasteiger charge is -2.27. The highest BCUT2D eigenvalue weighted by Crippen LogP contribution is 2.18. The summed E-state index contributed by atoms with van der Waals surface area (Å²) in [7, 11) is 0. The quantitative estimate of drug-likeness (QED) is 0.649. The van der Waals surface area contributed by atoms with Gasteiger partial charge in [-0.3, -0.25) is 4.79 Å². The molecule has 0 aromatic rings. The number of aliphatic hydroxyl groups excluding tert-OH is 1. The third-order valence-corrected chi connectivity index (χ3v) is 3.83. The highest BCUT2D eigenvalue weighted by atomic mass is 32.2. The number of thioether (sulfide) groups is 1. The molecule has 0 aliphatic carbocycles. The number of rotatable bonds is 5. The van der Waals surface area contributed by atoms with Crippen LogP contribution in [0.5, 0.6) is 0 Å². The van der Waals surface area contributed by atoms with Crippen LogP contribution in [0.15, 0.2) is 0 Å². The van der Waals surface area contributed by atoms with Crippen LogP contribution >= 0.6 is 11.8 Å². The molecule has 0 bridgehead atoms. The minimum Gasteiger partial charge on any atom is -0.396 e. The first-order chi connectivity index (χ1) is 7.55. The SMILES string of the molecule is CC(C)(CCO)CNC(=O)C1CSCCN1. The molecule has 5 heteroatoms. The summed E-state index contributed by atoms with van der Waals surface area (Å²) in [5, 5.41) is 15.0. The maximum absolute atomic E-state index is 11.8. The summed E-state index contributed by atoms with van der Waals surface area (Å²) >= 11 is 1.81. The lowest BCUT2D eigenvalue weighted by atomic mass is 9.89. The Bertz CT molecular complexity index is 228. The predicted octanol–water partition coefficient (Wildman–Crippen LogP) is 0.216. The Morgan fingerprint density at radius 1 is 1.62 bits per heavy atom. The summed E-state index contributed by atoms with van der Waals surface area (Å²) < 4.78 is 0. The molecule has 16 heavy (non-hydrogen) atoms. The van der Waals surface area contributed by atoms with Gasteiger partial charge in [0, 0.05) is 31.2 Å². The summed E-state index contributed by atoms with van der Waals surface area (Å²) in [5.41, 5.74) is -0.0355. The molecule has 0 aromatic carbocycles. The van der Waals surface area contributed by atoms with Crippen molar-refractivity contribution in [3.63, 3.8) is 0 Å². The van der Waals surface area contributed by atoms with E-state index >= 15 is 0 Å². The molecule has 1 aliphatic rings. The summed E-state index contributed by atoms with van der Waals surface area (Å²) in [4.78, 5) is 11.8. The number of aliphatic hydroxyl groups is 1. The molecule has 1 amide bonds. The van der Waals surface area contributed by atoms with Gasteiger partial charge in [0.15, 0.2) is 0 Å². The third kappa shape index (κ3) is 4.72. The van der Waals surface area contributed by atoms with Gasteiger partial charge in [-0.15, -0.1) is 0 Å². The first kappa shape index (κ1) is 13.8. The van der Waals surface area contributed by atoms with Crippen molar-refractivity contribution < 1.29 is 9.90 Å². The number of carbonyl (C=O) groups is 1. The van der Waals surface area contributed by atoms with E-state index in [1.54, 1.807) is 0 Å². The Morgan fingerprint density at radius 2 is 2.38 bits per heavy atom. The van der Waals surface area contributed by atoms with Crippen molar-refractivity contribution in [1.29, 1.82) is 0 Å². The van der Waals surface area contributed by atoms with Crippen LogP contribution in [0.2, 0.25) is 0 Å². The Hall–Kier alpha value is -0.260. The van der Waals surface area contributed by atoms with Gasteiger partial charge >= 0.3 is 0 Å². The van der Waals surface area contributed by atoms with Crippen molar-refractivity contribution in [2.45, 2.75) is 26.3 Å². The van der Waals surface area contributed by atoms with Gasteiger partial charge < -0.3 is 15.7 Å². The Kier molecular flexibility index (Phi) is 5.58. The Morgan fingerprint density at radius 3 is 2.94 bits per heavy atom. The number of hydrogen-bond donors (Lipinski definition) is 3. The summed E-state index contributed by atoms with van der Waals surface area (Å²) in [6.45, 7) is 5.79. The lowest BCUT2D eigenvalue weighted by Crippen LogP contribution is -2.50. The van der Waals surface area contributed by atoms with Crippen LogP contribution in [0, 0.1) is 5.41 Å². The molecule has 1 unspecified atom stereocenters. The highest BCUT2D eigenvalue weighted by Gasteiger charge is 2.23.